The van der Waals surface area contributed by atoms with Crippen LogP contribution in [-0.2, 0) is 22.7 Å². The zero-order chi connectivity index (χ0) is 22.1. The number of hydrogen-bond donors (Lipinski definition) is 7. The van der Waals surface area contributed by atoms with E-state index in [1.165, 1.54) is 12.3 Å². The molecule has 6 unspecified atom stereocenters. The van der Waals surface area contributed by atoms with Crippen LogP contribution in [0, 0.1) is 0 Å². The van der Waals surface area contributed by atoms with E-state index in [0.717, 1.165) is 4.57 Å². The maximum atomic E-state index is 11.7. The number of hydrogen-bond acceptors (Lipinski definition) is 13. The maximum absolute atomic E-state index is 11.7. The minimum Gasteiger partial charge on any atom is -0.394 e. The van der Waals surface area contributed by atoms with Crippen LogP contribution in [0.5, 0.6) is 0 Å². The lowest BCUT2D eigenvalue weighted by Crippen LogP contribution is -2.36. The van der Waals surface area contributed by atoms with Crippen LogP contribution in [0.2, 0.25) is 0 Å². The highest BCUT2D eigenvalue weighted by molar-refractivity contribution is 7.47. The van der Waals surface area contributed by atoms with Gasteiger partial charge in [0.15, 0.2) is 10.5 Å². The third kappa shape index (κ3) is 8.04. The fourth-order valence-corrected chi connectivity index (χ4v) is 2.90. The number of nitrogens with two attached hydrogens (primary N) is 1. The van der Waals surface area contributed by atoms with Crippen LogP contribution in [-0.4, -0.2) is 84.2 Å². The summed E-state index contributed by atoms with van der Waals surface area (Å²) in [7, 11) is -6.02. The summed E-state index contributed by atoms with van der Waals surface area (Å²) in [6, 6.07) is 1.30. The summed E-state index contributed by atoms with van der Waals surface area (Å²) in [5.41, 5.74) is 4.55. The Morgan fingerprint density at radius 1 is 1.28 bits per heavy atom. The van der Waals surface area contributed by atoms with Gasteiger partial charge in [0.1, 0.15) is 36.8 Å². The highest BCUT2D eigenvalue weighted by atomic mass is 31.2. The third-order valence-electron chi connectivity index (χ3n) is 3.37. The van der Waals surface area contributed by atoms with E-state index in [-0.39, 0.29) is 19.0 Å². The molecular formula is C12H21N3O12P2+2. The van der Waals surface area contributed by atoms with Gasteiger partial charge in [-0.25, -0.2) is 4.79 Å². The van der Waals surface area contributed by atoms with Crippen LogP contribution in [0.25, 0.3) is 0 Å². The van der Waals surface area contributed by atoms with Gasteiger partial charge in [0, 0.05) is 15.3 Å². The van der Waals surface area contributed by atoms with Crippen LogP contribution >= 0.6 is 16.5 Å². The molecule has 1 aromatic heterocycles. The summed E-state index contributed by atoms with van der Waals surface area (Å²) in [4.78, 5) is 23.6. The van der Waals surface area contributed by atoms with Gasteiger partial charge in [-0.2, -0.15) is 4.98 Å². The molecule has 1 aromatic rings. The standard InChI is InChI=1S/C9H11N3O9P2.C3H8O3/c10-5-1-2-12(9(15)11-5)8-7(14)6(13)4(20-8)3-19-23(18)21-22(16)17;4-1-3(6)2-5/h1-2,4,6-8,13-14H,3H2,(H-2,10,11,15,16,17);3-6H,1-2H2/p+2. The van der Waals surface area contributed by atoms with Crippen molar-refractivity contribution in [2.75, 3.05) is 25.6 Å². The van der Waals surface area contributed by atoms with E-state index in [9.17, 15) is 24.1 Å². The number of nitrogen functional groups attached to an aromatic ring is 1. The number of aliphatic hydroxyl groups excluding tert-OH is 5. The number of aromatic nitrogens is 2. The van der Waals surface area contributed by atoms with E-state index in [1.54, 1.807) is 0 Å². The van der Waals surface area contributed by atoms with Crippen LogP contribution < -0.4 is 11.4 Å². The second-order valence-electron chi connectivity index (χ2n) is 5.45. The molecule has 17 heteroatoms. The Balaban J connectivity index is 0.000000612. The molecule has 0 aromatic carbocycles. The van der Waals surface area contributed by atoms with E-state index < -0.39 is 59.5 Å². The van der Waals surface area contributed by atoms with Gasteiger partial charge in [0.2, 0.25) is 0 Å². The molecule has 1 fully saturated rings. The van der Waals surface area contributed by atoms with Crippen molar-refractivity contribution >= 4 is 22.3 Å². The Morgan fingerprint density at radius 3 is 2.38 bits per heavy atom. The van der Waals surface area contributed by atoms with Crippen LogP contribution in [0.4, 0.5) is 5.82 Å². The Bertz CT molecular complexity index is 745. The van der Waals surface area contributed by atoms with E-state index in [4.69, 9.17) is 30.7 Å². The van der Waals surface area contributed by atoms with E-state index in [2.05, 4.69) is 13.8 Å². The van der Waals surface area contributed by atoms with Gasteiger partial charge >= 0.3 is 22.2 Å². The molecule has 2 rings (SSSR count). The first-order chi connectivity index (χ1) is 13.6. The summed E-state index contributed by atoms with van der Waals surface area (Å²) in [6.45, 7) is -1.24. The molecule has 0 amide bonds. The van der Waals surface area contributed by atoms with Crippen molar-refractivity contribution in [2.45, 2.75) is 30.6 Å². The lowest BCUT2D eigenvalue weighted by molar-refractivity contribution is -0.0515. The zero-order valence-electron chi connectivity index (χ0n) is 14.7. The molecule has 2 heterocycles. The number of anilines is 1. The average molecular weight is 461 g/mol. The van der Waals surface area contributed by atoms with Crippen molar-refractivity contribution in [1.29, 1.82) is 0 Å². The first-order valence-electron chi connectivity index (χ1n) is 7.81. The minimum atomic E-state index is -3.11. The van der Waals surface area contributed by atoms with E-state index in [1.807, 2.05) is 0 Å². The molecule has 29 heavy (non-hydrogen) atoms. The normalized spacial score (nSPS) is 24.8. The number of rotatable bonds is 8. The SMILES string of the molecule is Nc1ccn(C2OC(CO[P+](=O)O[P+](=O)O)C(O)C2O)c(=O)n1.OCC(O)CO. The first kappa shape index (κ1) is 25.6. The zero-order valence-corrected chi connectivity index (χ0v) is 16.5. The smallest absolute Gasteiger partial charge is 0.394 e. The van der Waals surface area contributed by atoms with Crippen LogP contribution in [0.1, 0.15) is 6.23 Å². The maximum Gasteiger partial charge on any atom is 0.747 e. The fraction of sp³-hybridized carbons (Fsp3) is 0.667. The van der Waals surface area contributed by atoms with Gasteiger partial charge in [0.05, 0.1) is 13.2 Å². The van der Waals surface area contributed by atoms with Gasteiger partial charge in [-0.1, -0.05) is 0 Å². The minimum absolute atomic E-state index is 0.0218. The monoisotopic (exact) mass is 461 g/mol. The van der Waals surface area contributed by atoms with Gasteiger partial charge in [-0.15, -0.1) is 9.42 Å². The van der Waals surface area contributed by atoms with Crippen LogP contribution in [0.3, 0.4) is 0 Å². The van der Waals surface area contributed by atoms with Crippen molar-refractivity contribution in [2.24, 2.45) is 0 Å². The molecule has 0 spiro atoms. The van der Waals surface area contributed by atoms with Crippen molar-refractivity contribution in [3.05, 3.63) is 22.7 Å². The van der Waals surface area contributed by atoms with Crippen LogP contribution in [0.15, 0.2) is 17.1 Å². The van der Waals surface area contributed by atoms with Crippen molar-refractivity contribution in [3.63, 3.8) is 0 Å². The quantitative estimate of drug-likeness (QED) is 0.192. The highest BCUT2D eigenvalue weighted by Gasteiger charge is 2.47. The molecule has 15 nitrogen and oxygen atoms in total. The lowest BCUT2D eigenvalue weighted by atomic mass is 10.1. The van der Waals surface area contributed by atoms with Gasteiger partial charge in [-0.05, 0) is 6.07 Å². The molecule has 6 atom stereocenters. The topological polar surface area (TPSA) is 244 Å². The predicted octanol–water partition coefficient (Wildman–Crippen LogP) is -2.88. The average Bonchev–Trinajstić information content (AvgIpc) is 2.94. The number of nitrogens with zero attached hydrogens (tertiary/aromatic N) is 2. The molecular weight excluding hydrogens is 440 g/mol. The van der Waals surface area contributed by atoms with Crippen molar-refractivity contribution in [3.8, 4) is 0 Å². The molecule has 1 saturated heterocycles. The molecule has 1 aliphatic rings. The van der Waals surface area contributed by atoms with E-state index >= 15 is 0 Å². The molecule has 0 saturated carbocycles. The summed E-state index contributed by atoms with van der Waals surface area (Å²) in [5, 5.41) is 43.8. The molecule has 1 aliphatic heterocycles. The predicted molar refractivity (Wildman–Crippen MR) is 93.5 cm³/mol. The lowest BCUT2D eigenvalue weighted by Gasteiger charge is -2.16. The summed E-state index contributed by atoms with van der Waals surface area (Å²) >= 11 is 0. The Kier molecular flexibility index (Phi) is 10.8. The van der Waals surface area contributed by atoms with Crippen molar-refractivity contribution < 1.29 is 53.1 Å². The van der Waals surface area contributed by atoms with Gasteiger partial charge in [-0.3, -0.25) is 4.57 Å². The Morgan fingerprint density at radius 2 is 1.90 bits per heavy atom. The molecule has 0 bridgehead atoms. The molecule has 8 N–H and O–H groups in total. The summed E-state index contributed by atoms with van der Waals surface area (Å²) in [6.07, 6.45) is -5.08. The summed E-state index contributed by atoms with van der Waals surface area (Å²) < 4.78 is 36.2. The number of aliphatic hydroxyl groups is 5. The molecule has 0 aliphatic carbocycles. The second-order valence-corrected chi connectivity index (χ2v) is 7.28. The largest absolute Gasteiger partial charge is 0.747 e. The fourth-order valence-electron chi connectivity index (χ4n) is 1.99. The highest BCUT2D eigenvalue weighted by Crippen LogP contribution is 2.37. The second kappa shape index (κ2) is 12.3. The first-order valence-corrected chi connectivity index (χ1v) is 10.0. The summed E-state index contributed by atoms with van der Waals surface area (Å²) in [5.74, 6) is -0.0218. The van der Waals surface area contributed by atoms with Gasteiger partial charge in [0.25, 0.3) is 0 Å². The molecule has 164 valence electrons. The third-order valence-corrected chi connectivity index (χ3v) is 4.82. The Hall–Kier alpha value is -1.48. The molecule has 0 radical (unpaired) electrons. The van der Waals surface area contributed by atoms with E-state index in [0.29, 0.717) is 0 Å². The van der Waals surface area contributed by atoms with Gasteiger partial charge < -0.3 is 36.0 Å². The van der Waals surface area contributed by atoms with Crippen molar-refractivity contribution in [1.82, 2.24) is 9.55 Å². The Labute approximate surface area is 164 Å². The number of ether oxygens (including phenoxy) is 1.